The van der Waals surface area contributed by atoms with E-state index in [1.54, 1.807) is 27.7 Å². The molecular weight excluding hydrogens is 210 g/mol. The third-order valence-corrected chi connectivity index (χ3v) is 2.47. The molecule has 0 fully saturated rings. The van der Waals surface area contributed by atoms with Gasteiger partial charge in [-0.1, -0.05) is 20.8 Å². The van der Waals surface area contributed by atoms with Crippen molar-refractivity contribution in [3.8, 4) is 0 Å². The molecule has 0 radical (unpaired) electrons. The third kappa shape index (κ3) is 7.23. The molecule has 0 amide bonds. The highest BCUT2D eigenvalue weighted by atomic mass is 16.4. The number of aliphatic carboxylic acids is 2. The molecule has 96 valence electrons. The molecular formula is C11H23NO4. The first kappa shape index (κ1) is 17.3. The summed E-state index contributed by atoms with van der Waals surface area (Å²) in [6.45, 7) is 8.86. The molecule has 16 heavy (non-hydrogen) atoms. The molecule has 4 N–H and O–H groups in total. The number of hydrogen-bond acceptors (Lipinski definition) is 3. The van der Waals surface area contributed by atoms with E-state index in [9.17, 15) is 9.59 Å². The molecule has 0 saturated heterocycles. The quantitative estimate of drug-likeness (QED) is 0.684. The Bertz CT molecular complexity index is 236. The van der Waals surface area contributed by atoms with Crippen LogP contribution in [0.2, 0.25) is 0 Å². The van der Waals surface area contributed by atoms with Crippen molar-refractivity contribution in [1.82, 2.24) is 0 Å². The van der Waals surface area contributed by atoms with Crippen molar-refractivity contribution in [1.29, 1.82) is 0 Å². The average molecular weight is 233 g/mol. The molecule has 0 aliphatic heterocycles. The highest BCUT2D eigenvalue weighted by molar-refractivity contribution is 5.73. The summed E-state index contributed by atoms with van der Waals surface area (Å²) in [5.74, 6) is -1.63. The Kier molecular flexibility index (Phi) is 7.81. The van der Waals surface area contributed by atoms with Gasteiger partial charge < -0.3 is 15.9 Å². The first-order valence-electron chi connectivity index (χ1n) is 5.28. The molecule has 0 spiro atoms. The van der Waals surface area contributed by atoms with Crippen LogP contribution in [0.3, 0.4) is 0 Å². The molecule has 0 aliphatic carbocycles. The lowest BCUT2D eigenvalue weighted by Crippen LogP contribution is -2.34. The van der Waals surface area contributed by atoms with Crippen molar-refractivity contribution < 1.29 is 19.8 Å². The summed E-state index contributed by atoms with van der Waals surface area (Å²) in [7, 11) is 0. The average Bonchev–Trinajstić information content (AvgIpc) is 2.17. The highest BCUT2D eigenvalue weighted by Crippen LogP contribution is 2.18. The van der Waals surface area contributed by atoms with Crippen LogP contribution in [0, 0.1) is 11.3 Å². The Labute approximate surface area is 96.6 Å². The minimum atomic E-state index is -0.931. The molecule has 0 aliphatic rings. The van der Waals surface area contributed by atoms with Crippen LogP contribution in [0.4, 0.5) is 0 Å². The van der Waals surface area contributed by atoms with Crippen molar-refractivity contribution in [2.24, 2.45) is 17.1 Å². The van der Waals surface area contributed by atoms with Gasteiger partial charge in [0, 0.05) is 0 Å². The van der Waals surface area contributed by atoms with E-state index in [1.165, 1.54) is 0 Å². The summed E-state index contributed by atoms with van der Waals surface area (Å²) in [5.41, 5.74) is 4.62. The Morgan fingerprint density at radius 3 is 1.62 bits per heavy atom. The second kappa shape index (κ2) is 7.22. The summed E-state index contributed by atoms with van der Waals surface area (Å²) in [6, 6.07) is -0.713. The first-order chi connectivity index (χ1) is 7.06. The van der Waals surface area contributed by atoms with Crippen molar-refractivity contribution in [2.75, 3.05) is 0 Å². The van der Waals surface area contributed by atoms with Gasteiger partial charge in [0.2, 0.25) is 0 Å². The summed E-state index contributed by atoms with van der Waals surface area (Å²) in [6.07, 6.45) is 0.683. The summed E-state index contributed by atoms with van der Waals surface area (Å²) < 4.78 is 0. The van der Waals surface area contributed by atoms with Gasteiger partial charge in [0.15, 0.2) is 0 Å². The van der Waals surface area contributed by atoms with Crippen LogP contribution >= 0.6 is 0 Å². The molecule has 0 aromatic carbocycles. The Hall–Kier alpha value is -1.10. The van der Waals surface area contributed by atoms with Gasteiger partial charge in [-0.25, -0.2) is 0 Å². The summed E-state index contributed by atoms with van der Waals surface area (Å²) >= 11 is 0. The number of nitrogens with two attached hydrogens (primary N) is 1. The monoisotopic (exact) mass is 233 g/mol. The molecule has 0 unspecified atom stereocenters. The van der Waals surface area contributed by atoms with Gasteiger partial charge in [0.25, 0.3) is 0 Å². The van der Waals surface area contributed by atoms with E-state index in [0.717, 1.165) is 0 Å². The van der Waals surface area contributed by atoms with E-state index in [-0.39, 0.29) is 5.92 Å². The zero-order valence-corrected chi connectivity index (χ0v) is 10.7. The van der Waals surface area contributed by atoms with Gasteiger partial charge in [-0.2, -0.15) is 0 Å². The molecule has 0 saturated carbocycles. The van der Waals surface area contributed by atoms with Gasteiger partial charge >= 0.3 is 11.9 Å². The minimum absolute atomic E-state index is 0.0208. The molecule has 0 aromatic rings. The fraction of sp³-hybridized carbons (Fsp3) is 0.818. The summed E-state index contributed by atoms with van der Waals surface area (Å²) in [5, 5.41) is 16.7. The lowest BCUT2D eigenvalue weighted by Gasteiger charge is -2.14. The minimum Gasteiger partial charge on any atom is -0.481 e. The van der Waals surface area contributed by atoms with Crippen LogP contribution in [0.15, 0.2) is 0 Å². The predicted molar refractivity (Wildman–Crippen MR) is 62.2 cm³/mol. The molecule has 0 rings (SSSR count). The number of rotatable bonds is 4. The van der Waals surface area contributed by atoms with Crippen molar-refractivity contribution >= 4 is 11.9 Å². The maximum Gasteiger partial charge on any atom is 0.320 e. The van der Waals surface area contributed by atoms with E-state index >= 15 is 0 Å². The van der Waals surface area contributed by atoms with E-state index in [4.69, 9.17) is 15.9 Å². The second-order valence-electron chi connectivity index (χ2n) is 4.65. The van der Waals surface area contributed by atoms with E-state index in [0.29, 0.717) is 6.42 Å². The third-order valence-electron chi connectivity index (χ3n) is 2.47. The van der Waals surface area contributed by atoms with Crippen molar-refractivity contribution in [3.63, 3.8) is 0 Å². The maximum absolute atomic E-state index is 10.3. The van der Waals surface area contributed by atoms with Crippen LogP contribution in [-0.2, 0) is 9.59 Å². The zero-order chi connectivity index (χ0) is 13.5. The number of carboxylic acid groups (broad SMARTS) is 2. The topological polar surface area (TPSA) is 101 Å². The predicted octanol–water partition coefficient (Wildman–Crippen LogP) is 1.56. The second-order valence-corrected chi connectivity index (χ2v) is 4.65. The van der Waals surface area contributed by atoms with E-state index in [2.05, 4.69) is 0 Å². The van der Waals surface area contributed by atoms with Crippen LogP contribution < -0.4 is 5.73 Å². The molecule has 0 bridgehead atoms. The van der Waals surface area contributed by atoms with Crippen LogP contribution in [0.25, 0.3) is 0 Å². The zero-order valence-electron chi connectivity index (χ0n) is 10.7. The SMILES string of the molecule is CC(C)[C@H](N)C(=O)O.CCC(C)(C)C(=O)O. The fourth-order valence-corrected chi connectivity index (χ4v) is 0.436. The van der Waals surface area contributed by atoms with Crippen LogP contribution in [0.1, 0.15) is 41.0 Å². The summed E-state index contributed by atoms with van der Waals surface area (Å²) in [4.78, 5) is 20.3. The Morgan fingerprint density at radius 2 is 1.62 bits per heavy atom. The normalized spacial score (nSPS) is 12.7. The number of carboxylic acids is 2. The molecule has 0 heterocycles. The Balaban J connectivity index is 0. The number of hydrogen-bond donors (Lipinski definition) is 3. The highest BCUT2D eigenvalue weighted by Gasteiger charge is 2.23. The molecule has 0 aromatic heterocycles. The van der Waals surface area contributed by atoms with E-state index in [1.807, 2.05) is 6.92 Å². The van der Waals surface area contributed by atoms with Gasteiger partial charge in [-0.05, 0) is 26.2 Å². The molecule has 5 nitrogen and oxygen atoms in total. The lowest BCUT2D eigenvalue weighted by atomic mass is 9.91. The van der Waals surface area contributed by atoms with Gasteiger partial charge in [0.1, 0.15) is 6.04 Å². The van der Waals surface area contributed by atoms with Crippen molar-refractivity contribution in [3.05, 3.63) is 0 Å². The van der Waals surface area contributed by atoms with E-state index < -0.39 is 23.4 Å². The standard InChI is InChI=1S/C6H12O2.C5H11NO2/c1-4-6(2,3)5(7)8;1-3(2)4(6)5(7)8/h4H2,1-3H3,(H,7,8);3-4H,6H2,1-2H3,(H,7,8)/t;4-/m.0/s1. The number of carbonyl (C=O) groups is 2. The first-order valence-corrected chi connectivity index (χ1v) is 5.28. The van der Waals surface area contributed by atoms with Gasteiger partial charge in [-0.3, -0.25) is 9.59 Å². The smallest absolute Gasteiger partial charge is 0.320 e. The molecule has 1 atom stereocenters. The fourth-order valence-electron chi connectivity index (χ4n) is 0.436. The van der Waals surface area contributed by atoms with Gasteiger partial charge in [-0.15, -0.1) is 0 Å². The van der Waals surface area contributed by atoms with Crippen LogP contribution in [0.5, 0.6) is 0 Å². The van der Waals surface area contributed by atoms with Crippen LogP contribution in [-0.4, -0.2) is 28.2 Å². The maximum atomic E-state index is 10.3. The molecule has 5 heteroatoms. The van der Waals surface area contributed by atoms with Crippen molar-refractivity contribution in [2.45, 2.75) is 47.1 Å². The Morgan fingerprint density at radius 1 is 1.25 bits per heavy atom. The largest absolute Gasteiger partial charge is 0.481 e. The van der Waals surface area contributed by atoms with Gasteiger partial charge in [0.05, 0.1) is 5.41 Å². The lowest BCUT2D eigenvalue weighted by molar-refractivity contribution is -0.147.